The highest BCUT2D eigenvalue weighted by Gasteiger charge is 2.34. The van der Waals surface area contributed by atoms with E-state index in [9.17, 15) is 4.79 Å². The Morgan fingerprint density at radius 3 is 2.10 bits per heavy atom. The molecular weight excluding hydrogens is 564 g/mol. The van der Waals surface area contributed by atoms with E-state index in [1.165, 1.54) is 10.5 Å². The Hall–Kier alpha value is -2.49. The van der Waals surface area contributed by atoms with Gasteiger partial charge in [-0.2, -0.15) is 0 Å². The predicted octanol–water partition coefficient (Wildman–Crippen LogP) is -0.131. The van der Waals surface area contributed by atoms with Gasteiger partial charge in [0, 0.05) is 6.54 Å². The fraction of sp³-hybridized carbons (Fsp3) is 0.567. The number of benzene rings is 2. The summed E-state index contributed by atoms with van der Waals surface area (Å²) in [7, 11) is 0. The van der Waals surface area contributed by atoms with Crippen molar-refractivity contribution in [3.63, 3.8) is 0 Å². The lowest BCUT2D eigenvalue weighted by atomic mass is 9.88. The van der Waals surface area contributed by atoms with Crippen LogP contribution in [-0.4, -0.2) is 76.6 Å². The fourth-order valence-electron chi connectivity index (χ4n) is 5.36. The third-order valence-corrected chi connectivity index (χ3v) is 7.12. The van der Waals surface area contributed by atoms with Crippen molar-refractivity contribution < 1.29 is 50.4 Å². The first kappa shape index (κ1) is 31.0. The molecule has 2 aliphatic rings. The zero-order valence-electron chi connectivity index (χ0n) is 23.7. The number of nitrogens with zero attached hydrogens (tertiary/aromatic N) is 1. The van der Waals surface area contributed by atoms with E-state index in [-0.39, 0.29) is 28.9 Å². The van der Waals surface area contributed by atoms with Gasteiger partial charge < -0.3 is 50.5 Å². The van der Waals surface area contributed by atoms with Gasteiger partial charge in [0.05, 0.1) is 45.7 Å². The number of fused-ring (bicyclic) bond motifs is 1. The number of carbonyl (C=O) groups excluding carboxylic acids is 1. The number of halogens is 1. The monoisotopic (exact) mass is 606 g/mol. The van der Waals surface area contributed by atoms with Crippen LogP contribution in [0.4, 0.5) is 0 Å². The number of quaternary nitrogens is 1. The second-order valence-electron chi connectivity index (χ2n) is 9.61. The molecule has 0 bridgehead atoms. The summed E-state index contributed by atoms with van der Waals surface area (Å²) >= 11 is 0. The number of rotatable bonds is 12. The maximum Gasteiger partial charge on any atom is 0.278 e. The molecule has 2 aromatic rings. The molecular formula is C30H43BrN2O6. The van der Waals surface area contributed by atoms with E-state index in [4.69, 9.17) is 23.7 Å². The van der Waals surface area contributed by atoms with Gasteiger partial charge in [-0.15, -0.1) is 0 Å². The van der Waals surface area contributed by atoms with Gasteiger partial charge >= 0.3 is 0 Å². The second kappa shape index (κ2) is 15.3. The van der Waals surface area contributed by atoms with Crippen LogP contribution in [0.25, 0.3) is 0 Å². The van der Waals surface area contributed by atoms with Crippen LogP contribution < -0.4 is 40.8 Å². The van der Waals surface area contributed by atoms with E-state index >= 15 is 0 Å². The zero-order valence-corrected chi connectivity index (χ0v) is 25.3. The van der Waals surface area contributed by atoms with Crippen molar-refractivity contribution in [2.24, 2.45) is 0 Å². The van der Waals surface area contributed by atoms with Crippen LogP contribution in [0.2, 0.25) is 0 Å². The minimum atomic E-state index is -0.117. The number of hydrogen-bond acceptors (Lipinski definition) is 6. The third kappa shape index (κ3) is 7.80. The maximum atomic E-state index is 13.7. The molecule has 216 valence electrons. The van der Waals surface area contributed by atoms with E-state index in [0.29, 0.717) is 59.2 Å². The van der Waals surface area contributed by atoms with E-state index in [0.717, 1.165) is 53.6 Å². The Morgan fingerprint density at radius 1 is 0.872 bits per heavy atom. The third-order valence-electron chi connectivity index (χ3n) is 7.12. The lowest BCUT2D eigenvalue weighted by molar-refractivity contribution is -0.900. The summed E-state index contributed by atoms with van der Waals surface area (Å²) in [5, 5.41) is 0. The lowest BCUT2D eigenvalue weighted by Crippen LogP contribution is -3.15. The Morgan fingerprint density at radius 2 is 1.46 bits per heavy atom. The summed E-state index contributed by atoms with van der Waals surface area (Å²) in [6.07, 6.45) is 1.46. The number of ether oxygens (including phenoxy) is 5. The van der Waals surface area contributed by atoms with Crippen molar-refractivity contribution in [1.82, 2.24) is 4.90 Å². The Kier molecular flexibility index (Phi) is 12.2. The van der Waals surface area contributed by atoms with Crippen LogP contribution >= 0.6 is 0 Å². The molecule has 2 aliphatic heterocycles. The topological polar surface area (TPSA) is 70.9 Å². The van der Waals surface area contributed by atoms with Crippen LogP contribution in [0.15, 0.2) is 30.3 Å². The van der Waals surface area contributed by atoms with Crippen molar-refractivity contribution in [2.75, 3.05) is 65.8 Å². The average molecular weight is 608 g/mol. The van der Waals surface area contributed by atoms with Crippen LogP contribution in [0, 0.1) is 0 Å². The van der Waals surface area contributed by atoms with Gasteiger partial charge in [-0.25, -0.2) is 0 Å². The molecule has 1 saturated heterocycles. The fourth-order valence-corrected chi connectivity index (χ4v) is 5.36. The molecule has 0 aliphatic carbocycles. The van der Waals surface area contributed by atoms with Gasteiger partial charge in [0.25, 0.3) is 5.91 Å². The predicted molar refractivity (Wildman–Crippen MR) is 146 cm³/mol. The van der Waals surface area contributed by atoms with Crippen molar-refractivity contribution in [2.45, 2.75) is 46.6 Å². The minimum absolute atomic E-state index is 0. The molecule has 2 aromatic carbocycles. The van der Waals surface area contributed by atoms with Crippen molar-refractivity contribution in [3.05, 3.63) is 47.0 Å². The van der Waals surface area contributed by atoms with Crippen molar-refractivity contribution in [3.8, 4) is 23.0 Å². The van der Waals surface area contributed by atoms with Gasteiger partial charge in [-0.3, -0.25) is 4.79 Å². The SMILES string of the molecule is CCOc1ccc(CC2c3cc(OCC)c(OCC)cc3CCN2C(=O)C[NH+]2CCOCC2)cc1OCC.[Br-]. The number of morpholine rings is 1. The molecule has 39 heavy (non-hydrogen) atoms. The quantitative estimate of drug-likeness (QED) is 0.363. The summed E-state index contributed by atoms with van der Waals surface area (Å²) in [6.45, 7) is 14.4. The molecule has 1 amide bonds. The summed E-state index contributed by atoms with van der Waals surface area (Å²) < 4.78 is 29.1. The van der Waals surface area contributed by atoms with Crippen LogP contribution in [0.3, 0.4) is 0 Å². The summed E-state index contributed by atoms with van der Waals surface area (Å²) in [5.74, 6) is 3.16. The molecule has 4 rings (SSSR count). The van der Waals surface area contributed by atoms with Gasteiger partial charge in [-0.1, -0.05) is 6.07 Å². The molecule has 2 heterocycles. The van der Waals surface area contributed by atoms with E-state index < -0.39 is 0 Å². The van der Waals surface area contributed by atoms with Gasteiger partial charge in [-0.05, 0) is 81.5 Å². The lowest BCUT2D eigenvalue weighted by Gasteiger charge is -2.39. The first-order valence-electron chi connectivity index (χ1n) is 14.1. The van der Waals surface area contributed by atoms with E-state index in [1.54, 1.807) is 0 Å². The molecule has 1 N–H and O–H groups in total. The number of amides is 1. The van der Waals surface area contributed by atoms with Gasteiger partial charge in [0.2, 0.25) is 0 Å². The smallest absolute Gasteiger partial charge is 0.278 e. The largest absolute Gasteiger partial charge is 1.00 e. The molecule has 0 aromatic heterocycles. The molecule has 0 saturated carbocycles. The minimum Gasteiger partial charge on any atom is -1.00 e. The summed E-state index contributed by atoms with van der Waals surface area (Å²) in [4.78, 5) is 17.1. The van der Waals surface area contributed by atoms with E-state index in [2.05, 4.69) is 29.2 Å². The van der Waals surface area contributed by atoms with Crippen molar-refractivity contribution in [1.29, 1.82) is 0 Å². The normalized spacial score (nSPS) is 17.1. The molecule has 1 atom stereocenters. The Balaban J connectivity index is 0.00000420. The Labute approximate surface area is 243 Å². The Bertz CT molecular complexity index is 1080. The number of hydrogen-bond donors (Lipinski definition) is 1. The standard InChI is InChI=1S/C30H42N2O6.BrH/c1-5-35-26-10-9-22(18-27(26)36-6-2)17-25-24-20-29(38-8-4)28(37-7-3)19-23(24)11-12-32(25)30(33)21-31-13-15-34-16-14-31;/h9-10,18-20,25H,5-8,11-17,21H2,1-4H3;1H. The molecule has 0 radical (unpaired) electrons. The molecule has 1 fully saturated rings. The van der Waals surface area contributed by atoms with Crippen LogP contribution in [0.5, 0.6) is 23.0 Å². The first-order chi connectivity index (χ1) is 18.6. The summed E-state index contributed by atoms with van der Waals surface area (Å²) in [5.41, 5.74) is 3.43. The van der Waals surface area contributed by atoms with Crippen molar-refractivity contribution >= 4 is 5.91 Å². The number of carbonyl (C=O) groups is 1. The average Bonchev–Trinajstić information content (AvgIpc) is 2.92. The molecule has 9 heteroatoms. The van der Waals surface area contributed by atoms with Crippen LogP contribution in [0.1, 0.15) is 50.4 Å². The highest BCUT2D eigenvalue weighted by Crippen LogP contribution is 2.40. The number of nitrogens with one attached hydrogen (secondary N) is 1. The first-order valence-corrected chi connectivity index (χ1v) is 14.1. The zero-order chi connectivity index (χ0) is 26.9. The van der Waals surface area contributed by atoms with Gasteiger partial charge in [0.15, 0.2) is 29.5 Å². The highest BCUT2D eigenvalue weighted by atomic mass is 79.9. The molecule has 1 unspecified atom stereocenters. The van der Waals surface area contributed by atoms with Crippen LogP contribution in [-0.2, 0) is 22.4 Å². The van der Waals surface area contributed by atoms with Gasteiger partial charge in [0.1, 0.15) is 13.1 Å². The second-order valence-corrected chi connectivity index (χ2v) is 9.61. The van der Waals surface area contributed by atoms with E-state index in [1.807, 2.05) is 33.8 Å². The highest BCUT2D eigenvalue weighted by molar-refractivity contribution is 5.78. The summed E-state index contributed by atoms with van der Waals surface area (Å²) in [6, 6.07) is 10.2. The molecule has 8 nitrogen and oxygen atoms in total. The molecule has 0 spiro atoms. The maximum absolute atomic E-state index is 13.7.